The van der Waals surface area contributed by atoms with Crippen molar-refractivity contribution in [1.29, 1.82) is 0 Å². The average Bonchev–Trinajstić information content (AvgIpc) is 2.54. The zero-order chi connectivity index (χ0) is 16.2. The highest BCUT2D eigenvalue weighted by Gasteiger charge is 2.48. The first-order chi connectivity index (χ1) is 9.54. The molecule has 0 atom stereocenters. The van der Waals surface area contributed by atoms with Crippen LogP contribution in [0.15, 0.2) is 12.7 Å². The summed E-state index contributed by atoms with van der Waals surface area (Å²) in [4.78, 5) is 0. The third kappa shape index (κ3) is 5.60. The van der Waals surface area contributed by atoms with Gasteiger partial charge in [-0.25, -0.2) is 0 Å². The monoisotopic (exact) mass is 283 g/mol. The standard InChI is InChI=1S/C13H22.C3H8.C2H6.CH5N/c1-4-12-5-8-13(9-6-12,10-7-12)11(2)3;1-3-2;2*1-2/h4,11H,1,5-10H2,2-3H3;3H2,1-2H3;1-2H3;2H2,1H3. The predicted molar refractivity (Wildman–Crippen MR) is 95.0 cm³/mol. The van der Waals surface area contributed by atoms with E-state index in [-0.39, 0.29) is 0 Å². The molecule has 3 saturated carbocycles. The van der Waals surface area contributed by atoms with E-state index < -0.39 is 0 Å². The maximum Gasteiger partial charge on any atom is -0.0120 e. The van der Waals surface area contributed by atoms with Crippen molar-refractivity contribution in [1.82, 2.24) is 0 Å². The summed E-state index contributed by atoms with van der Waals surface area (Å²) in [7, 11) is 1.50. The number of hydrogen-bond donors (Lipinski definition) is 1. The Labute approximate surface area is 129 Å². The second-order valence-electron chi connectivity index (χ2n) is 6.29. The number of allylic oxidation sites excluding steroid dienone is 1. The molecule has 0 radical (unpaired) electrons. The molecule has 0 aliphatic heterocycles. The van der Waals surface area contributed by atoms with E-state index in [1.807, 2.05) is 13.8 Å². The van der Waals surface area contributed by atoms with E-state index in [1.165, 1.54) is 52.0 Å². The van der Waals surface area contributed by atoms with Crippen LogP contribution in [0.3, 0.4) is 0 Å². The van der Waals surface area contributed by atoms with Crippen molar-refractivity contribution < 1.29 is 0 Å². The molecular formula is C19H41N. The van der Waals surface area contributed by atoms with Crippen molar-refractivity contribution in [2.75, 3.05) is 7.05 Å². The zero-order valence-electron chi connectivity index (χ0n) is 15.4. The fraction of sp³-hybridized carbons (Fsp3) is 0.895. The van der Waals surface area contributed by atoms with Crippen LogP contribution in [0.1, 0.15) is 86.5 Å². The zero-order valence-corrected chi connectivity index (χ0v) is 15.4. The maximum absolute atomic E-state index is 4.50. The summed E-state index contributed by atoms with van der Waals surface area (Å²) in [6, 6.07) is 0. The van der Waals surface area contributed by atoms with E-state index in [9.17, 15) is 0 Å². The van der Waals surface area contributed by atoms with Crippen LogP contribution in [0.25, 0.3) is 0 Å². The van der Waals surface area contributed by atoms with Gasteiger partial charge < -0.3 is 5.73 Å². The molecule has 0 spiro atoms. The molecule has 3 aliphatic rings. The third-order valence-electron chi connectivity index (χ3n) is 5.02. The molecule has 0 saturated heterocycles. The van der Waals surface area contributed by atoms with Crippen LogP contribution < -0.4 is 5.73 Å². The summed E-state index contributed by atoms with van der Waals surface area (Å²) in [6.45, 7) is 17.1. The van der Waals surface area contributed by atoms with Gasteiger partial charge in [-0.2, -0.15) is 0 Å². The summed E-state index contributed by atoms with van der Waals surface area (Å²) >= 11 is 0. The molecule has 0 amide bonds. The second-order valence-corrected chi connectivity index (χ2v) is 6.29. The number of hydrogen-bond acceptors (Lipinski definition) is 1. The van der Waals surface area contributed by atoms with Gasteiger partial charge >= 0.3 is 0 Å². The van der Waals surface area contributed by atoms with Gasteiger partial charge in [-0.15, -0.1) is 6.58 Å². The van der Waals surface area contributed by atoms with E-state index in [2.05, 4.69) is 46.1 Å². The molecule has 0 aromatic carbocycles. The Morgan fingerprint density at radius 1 is 0.950 bits per heavy atom. The van der Waals surface area contributed by atoms with Gasteiger partial charge in [-0.05, 0) is 62.3 Å². The van der Waals surface area contributed by atoms with Gasteiger partial charge in [-0.3, -0.25) is 0 Å². The summed E-state index contributed by atoms with van der Waals surface area (Å²) in [6.07, 6.45) is 12.1. The van der Waals surface area contributed by atoms with Crippen molar-refractivity contribution in [3.8, 4) is 0 Å². The van der Waals surface area contributed by atoms with Crippen LogP contribution in [-0.4, -0.2) is 7.05 Å². The largest absolute Gasteiger partial charge is 0.333 e. The van der Waals surface area contributed by atoms with E-state index in [0.717, 1.165) is 5.92 Å². The van der Waals surface area contributed by atoms with Crippen LogP contribution in [0.5, 0.6) is 0 Å². The molecule has 1 heteroatoms. The van der Waals surface area contributed by atoms with Crippen LogP contribution in [0.4, 0.5) is 0 Å². The Hall–Kier alpha value is -0.300. The van der Waals surface area contributed by atoms with Gasteiger partial charge in [-0.1, -0.05) is 54.0 Å². The van der Waals surface area contributed by atoms with Crippen LogP contribution in [-0.2, 0) is 0 Å². The quantitative estimate of drug-likeness (QED) is 0.601. The highest BCUT2D eigenvalue weighted by Crippen LogP contribution is 2.60. The van der Waals surface area contributed by atoms with Gasteiger partial charge in [0.25, 0.3) is 0 Å². The van der Waals surface area contributed by atoms with Gasteiger partial charge in [0.2, 0.25) is 0 Å². The Bertz CT molecular complexity index is 205. The van der Waals surface area contributed by atoms with Crippen LogP contribution in [0.2, 0.25) is 0 Å². The van der Waals surface area contributed by atoms with E-state index in [0.29, 0.717) is 10.8 Å². The van der Waals surface area contributed by atoms with E-state index in [4.69, 9.17) is 0 Å². The lowest BCUT2D eigenvalue weighted by Crippen LogP contribution is -2.43. The minimum Gasteiger partial charge on any atom is -0.333 e. The lowest BCUT2D eigenvalue weighted by Gasteiger charge is -2.54. The van der Waals surface area contributed by atoms with Crippen LogP contribution >= 0.6 is 0 Å². The molecule has 0 heterocycles. The number of rotatable bonds is 2. The predicted octanol–water partition coefficient (Wildman–Crippen LogP) is 6.19. The fourth-order valence-electron chi connectivity index (χ4n) is 3.42. The normalized spacial score (nSPS) is 30.1. The van der Waals surface area contributed by atoms with Crippen LogP contribution in [0, 0.1) is 16.7 Å². The third-order valence-corrected chi connectivity index (χ3v) is 5.02. The summed E-state index contributed by atoms with van der Waals surface area (Å²) in [5.74, 6) is 0.885. The molecule has 3 rings (SSSR count). The molecule has 0 aromatic heterocycles. The number of nitrogens with two attached hydrogens (primary N) is 1. The molecule has 2 N–H and O–H groups in total. The average molecular weight is 284 g/mol. The molecule has 20 heavy (non-hydrogen) atoms. The summed E-state index contributed by atoms with van der Waals surface area (Å²) in [5.41, 5.74) is 5.77. The van der Waals surface area contributed by atoms with Crippen molar-refractivity contribution in [3.05, 3.63) is 12.7 Å². The summed E-state index contributed by atoms with van der Waals surface area (Å²) < 4.78 is 0. The molecule has 0 aromatic rings. The highest BCUT2D eigenvalue weighted by molar-refractivity contribution is 5.07. The Morgan fingerprint density at radius 2 is 1.25 bits per heavy atom. The molecule has 2 bridgehead atoms. The second kappa shape index (κ2) is 11.4. The molecule has 3 fully saturated rings. The van der Waals surface area contributed by atoms with E-state index in [1.54, 1.807) is 0 Å². The van der Waals surface area contributed by atoms with Crippen molar-refractivity contribution in [3.63, 3.8) is 0 Å². The van der Waals surface area contributed by atoms with Crippen molar-refractivity contribution in [2.45, 2.75) is 86.5 Å². The molecule has 122 valence electrons. The minimum atomic E-state index is 0.552. The first kappa shape index (κ1) is 22.0. The highest BCUT2D eigenvalue weighted by atomic mass is 14.5. The number of fused-ring (bicyclic) bond motifs is 3. The van der Waals surface area contributed by atoms with E-state index >= 15 is 0 Å². The molecular weight excluding hydrogens is 242 g/mol. The summed E-state index contributed by atoms with van der Waals surface area (Å²) in [5, 5.41) is 0. The van der Waals surface area contributed by atoms with Crippen molar-refractivity contribution in [2.24, 2.45) is 22.5 Å². The lowest BCUT2D eigenvalue weighted by molar-refractivity contribution is -0.0132. The first-order valence-electron chi connectivity index (χ1n) is 8.75. The van der Waals surface area contributed by atoms with Gasteiger partial charge in [0, 0.05) is 0 Å². The SMILES string of the molecule is C=CC12CCC(C(C)C)(CC1)CC2.CC.CCC.CN. The molecule has 3 aliphatic carbocycles. The fourth-order valence-corrected chi connectivity index (χ4v) is 3.42. The Kier molecular flexibility index (Phi) is 12.5. The van der Waals surface area contributed by atoms with Crippen molar-refractivity contribution >= 4 is 0 Å². The van der Waals surface area contributed by atoms with Gasteiger partial charge in [0.05, 0.1) is 0 Å². The molecule has 1 nitrogen and oxygen atoms in total. The topological polar surface area (TPSA) is 26.0 Å². The lowest BCUT2D eigenvalue weighted by atomic mass is 9.51. The smallest absolute Gasteiger partial charge is 0.0120 e. The first-order valence-corrected chi connectivity index (χ1v) is 8.75. The molecule has 0 unspecified atom stereocenters. The Morgan fingerprint density at radius 3 is 1.45 bits per heavy atom. The maximum atomic E-state index is 4.50. The van der Waals surface area contributed by atoms with Gasteiger partial charge in [0.1, 0.15) is 0 Å². The van der Waals surface area contributed by atoms with Gasteiger partial charge in [0.15, 0.2) is 0 Å². The Balaban J connectivity index is 0. The minimum absolute atomic E-state index is 0.552.